The van der Waals surface area contributed by atoms with Gasteiger partial charge in [0.05, 0.1) is 26.6 Å². The maximum absolute atomic E-state index is 12.0. The number of carbonyl (C=O) groups is 5. The van der Waals surface area contributed by atoms with E-state index in [1.165, 1.54) is 19.2 Å². The third-order valence-electron chi connectivity index (χ3n) is 3.60. The normalized spacial score (nSPS) is 11.0. The molecule has 0 aliphatic rings. The molecular weight excluding hydrogens is 382 g/mol. The third-order valence-corrected chi connectivity index (χ3v) is 3.60. The van der Waals surface area contributed by atoms with Gasteiger partial charge in [0.2, 0.25) is 5.91 Å². The van der Waals surface area contributed by atoms with E-state index in [1.807, 2.05) is 0 Å². The predicted molar refractivity (Wildman–Crippen MR) is 103 cm³/mol. The molecule has 0 aliphatic carbocycles. The first-order chi connectivity index (χ1) is 13.7. The minimum absolute atomic E-state index is 0.0388. The van der Waals surface area contributed by atoms with Crippen molar-refractivity contribution in [1.29, 1.82) is 0 Å². The standard InChI is InChI=1S/C19H25N3O7/c1-4-29-16(24)9-12(2)21-18(26)19(27)22-14-7-5-13(6-8-14)10-15(23)20-11-17(25)28-3/h5-8,12H,4,9-11H2,1-3H3,(H,20,23)(H,21,26)(H,22,27)/t12-/m1/s1. The van der Waals surface area contributed by atoms with Gasteiger partial charge in [-0.2, -0.15) is 0 Å². The van der Waals surface area contributed by atoms with Crippen LogP contribution in [0.15, 0.2) is 24.3 Å². The fourth-order valence-corrected chi connectivity index (χ4v) is 2.19. The number of amides is 3. The second-order valence-corrected chi connectivity index (χ2v) is 6.06. The van der Waals surface area contributed by atoms with Crippen LogP contribution in [0, 0.1) is 0 Å². The lowest BCUT2D eigenvalue weighted by Crippen LogP contribution is -2.41. The highest BCUT2D eigenvalue weighted by atomic mass is 16.5. The number of nitrogens with one attached hydrogen (secondary N) is 3. The molecule has 3 N–H and O–H groups in total. The number of hydrogen-bond acceptors (Lipinski definition) is 7. The van der Waals surface area contributed by atoms with Crippen molar-refractivity contribution in [3.8, 4) is 0 Å². The van der Waals surface area contributed by atoms with Crippen molar-refractivity contribution in [1.82, 2.24) is 10.6 Å². The lowest BCUT2D eigenvalue weighted by atomic mass is 10.1. The first-order valence-corrected chi connectivity index (χ1v) is 8.95. The summed E-state index contributed by atoms with van der Waals surface area (Å²) in [6.45, 7) is 3.28. The van der Waals surface area contributed by atoms with Crippen LogP contribution >= 0.6 is 0 Å². The Balaban J connectivity index is 2.48. The lowest BCUT2D eigenvalue weighted by Gasteiger charge is -2.13. The van der Waals surface area contributed by atoms with E-state index < -0.39 is 29.8 Å². The quantitative estimate of drug-likeness (QED) is 0.384. The predicted octanol–water partition coefficient (Wildman–Crippen LogP) is -0.0853. The van der Waals surface area contributed by atoms with Crippen molar-refractivity contribution in [3.05, 3.63) is 29.8 Å². The highest BCUT2D eigenvalue weighted by Crippen LogP contribution is 2.10. The number of benzene rings is 1. The Labute approximate surface area is 168 Å². The summed E-state index contributed by atoms with van der Waals surface area (Å²) < 4.78 is 9.21. The molecule has 29 heavy (non-hydrogen) atoms. The zero-order valence-electron chi connectivity index (χ0n) is 16.6. The smallest absolute Gasteiger partial charge is 0.325 e. The van der Waals surface area contributed by atoms with Gasteiger partial charge in [-0.3, -0.25) is 24.0 Å². The van der Waals surface area contributed by atoms with Gasteiger partial charge in [-0.1, -0.05) is 12.1 Å². The lowest BCUT2D eigenvalue weighted by molar-refractivity contribution is -0.144. The van der Waals surface area contributed by atoms with Crippen molar-refractivity contribution < 1.29 is 33.4 Å². The second kappa shape index (κ2) is 12.1. The molecule has 10 nitrogen and oxygen atoms in total. The van der Waals surface area contributed by atoms with Gasteiger partial charge in [-0.25, -0.2) is 0 Å². The molecule has 1 atom stereocenters. The molecule has 0 radical (unpaired) electrons. The van der Waals surface area contributed by atoms with Crippen LogP contribution in [0.1, 0.15) is 25.8 Å². The number of rotatable bonds is 9. The molecule has 1 aromatic carbocycles. The molecule has 1 aromatic rings. The summed E-state index contributed by atoms with van der Waals surface area (Å²) in [4.78, 5) is 57.9. The van der Waals surface area contributed by atoms with E-state index in [4.69, 9.17) is 4.74 Å². The van der Waals surface area contributed by atoms with Crippen molar-refractivity contribution >= 4 is 35.3 Å². The Hall–Kier alpha value is -3.43. The average molecular weight is 407 g/mol. The van der Waals surface area contributed by atoms with Gasteiger partial charge in [0, 0.05) is 11.7 Å². The maximum atomic E-state index is 12.0. The number of hydrogen-bond donors (Lipinski definition) is 3. The van der Waals surface area contributed by atoms with Gasteiger partial charge in [-0.05, 0) is 31.5 Å². The van der Waals surface area contributed by atoms with Crippen LogP contribution in [0.4, 0.5) is 5.69 Å². The van der Waals surface area contributed by atoms with E-state index in [9.17, 15) is 24.0 Å². The van der Waals surface area contributed by atoms with E-state index in [-0.39, 0.29) is 31.9 Å². The van der Waals surface area contributed by atoms with Crippen molar-refractivity contribution in [2.24, 2.45) is 0 Å². The van der Waals surface area contributed by atoms with Crippen molar-refractivity contribution in [3.63, 3.8) is 0 Å². The zero-order chi connectivity index (χ0) is 21.8. The Morgan fingerprint density at radius 2 is 1.66 bits per heavy atom. The molecule has 1 rings (SSSR count). The van der Waals surface area contributed by atoms with Crippen molar-refractivity contribution in [2.75, 3.05) is 25.6 Å². The molecule has 0 unspecified atom stereocenters. The number of anilines is 1. The van der Waals surface area contributed by atoms with Crippen LogP contribution in [0.2, 0.25) is 0 Å². The maximum Gasteiger partial charge on any atom is 0.325 e. The van der Waals surface area contributed by atoms with Crippen LogP contribution in [-0.2, 0) is 39.9 Å². The Bertz CT molecular complexity index is 747. The van der Waals surface area contributed by atoms with Gasteiger partial charge >= 0.3 is 23.8 Å². The SMILES string of the molecule is CCOC(=O)C[C@@H](C)NC(=O)C(=O)Nc1ccc(CC(=O)NCC(=O)OC)cc1. The van der Waals surface area contributed by atoms with E-state index in [0.717, 1.165) is 0 Å². The fraction of sp³-hybridized carbons (Fsp3) is 0.421. The summed E-state index contributed by atoms with van der Waals surface area (Å²) in [5, 5.41) is 7.25. The van der Waals surface area contributed by atoms with Crippen LogP contribution in [0.3, 0.4) is 0 Å². The Morgan fingerprint density at radius 1 is 1.00 bits per heavy atom. The molecular formula is C19H25N3O7. The van der Waals surface area contributed by atoms with Gasteiger partial charge in [0.1, 0.15) is 6.54 Å². The van der Waals surface area contributed by atoms with E-state index in [1.54, 1.807) is 26.0 Å². The number of methoxy groups -OCH3 is 1. The van der Waals surface area contributed by atoms with Crippen LogP contribution in [0.5, 0.6) is 0 Å². The highest BCUT2D eigenvalue weighted by Gasteiger charge is 2.18. The first-order valence-electron chi connectivity index (χ1n) is 8.95. The van der Waals surface area contributed by atoms with Crippen LogP contribution < -0.4 is 16.0 Å². The zero-order valence-corrected chi connectivity index (χ0v) is 16.6. The molecule has 0 saturated carbocycles. The van der Waals surface area contributed by atoms with Gasteiger partial charge in [0.15, 0.2) is 0 Å². The number of ether oxygens (including phenoxy) is 2. The van der Waals surface area contributed by atoms with Gasteiger partial charge < -0.3 is 25.4 Å². The summed E-state index contributed by atoms with van der Waals surface area (Å²) in [7, 11) is 1.23. The molecule has 158 valence electrons. The fourth-order valence-electron chi connectivity index (χ4n) is 2.19. The minimum Gasteiger partial charge on any atom is -0.468 e. The van der Waals surface area contributed by atoms with Crippen LogP contribution in [0.25, 0.3) is 0 Å². The van der Waals surface area contributed by atoms with Crippen LogP contribution in [-0.4, -0.2) is 56.0 Å². The molecule has 0 spiro atoms. The summed E-state index contributed by atoms with van der Waals surface area (Å²) in [6.07, 6.45) is -0.00329. The molecule has 10 heteroatoms. The summed E-state index contributed by atoms with van der Waals surface area (Å²) in [5.41, 5.74) is 1.01. The minimum atomic E-state index is -0.885. The highest BCUT2D eigenvalue weighted by molar-refractivity contribution is 6.39. The molecule has 0 aliphatic heterocycles. The first kappa shape index (κ1) is 23.6. The molecule has 0 fully saturated rings. The van der Waals surface area contributed by atoms with Crippen molar-refractivity contribution in [2.45, 2.75) is 32.7 Å². The number of carbonyl (C=O) groups excluding carboxylic acids is 5. The Morgan fingerprint density at radius 3 is 2.24 bits per heavy atom. The van der Waals surface area contributed by atoms with E-state index in [0.29, 0.717) is 11.3 Å². The van der Waals surface area contributed by atoms with Gasteiger partial charge in [0.25, 0.3) is 0 Å². The van der Waals surface area contributed by atoms with E-state index >= 15 is 0 Å². The summed E-state index contributed by atoms with van der Waals surface area (Å²) in [6, 6.07) is 5.73. The second-order valence-electron chi connectivity index (χ2n) is 6.06. The average Bonchev–Trinajstić information content (AvgIpc) is 2.67. The monoisotopic (exact) mass is 407 g/mol. The molecule has 0 aromatic heterocycles. The third kappa shape index (κ3) is 9.36. The van der Waals surface area contributed by atoms with Gasteiger partial charge in [-0.15, -0.1) is 0 Å². The summed E-state index contributed by atoms with van der Waals surface area (Å²) in [5.74, 6) is -3.14. The largest absolute Gasteiger partial charge is 0.468 e. The molecule has 0 saturated heterocycles. The summed E-state index contributed by atoms with van der Waals surface area (Å²) >= 11 is 0. The molecule has 3 amide bonds. The molecule has 0 heterocycles. The van der Waals surface area contributed by atoms with E-state index in [2.05, 4.69) is 20.7 Å². The number of esters is 2. The molecule has 0 bridgehead atoms. The topological polar surface area (TPSA) is 140 Å². The Kier molecular flexibility index (Phi) is 9.86.